The van der Waals surface area contributed by atoms with Gasteiger partial charge < -0.3 is 14.3 Å². The molecule has 0 spiro atoms. The van der Waals surface area contributed by atoms with Crippen molar-refractivity contribution in [3.05, 3.63) is 37.1 Å². The van der Waals surface area contributed by atoms with E-state index in [9.17, 15) is 14.4 Å². The smallest absolute Gasteiger partial charge is 0.351 e. The molecule has 0 saturated heterocycles. The third kappa shape index (κ3) is 3.81. The van der Waals surface area contributed by atoms with E-state index in [0.717, 1.165) is 6.42 Å². The number of hydrogen-bond donors (Lipinski definition) is 1. The minimum Gasteiger partial charge on any atom is -0.477 e. The number of aromatic carboxylic acids is 1. The summed E-state index contributed by atoms with van der Waals surface area (Å²) in [5.41, 5.74) is -1.49. The lowest BCUT2D eigenvalue weighted by Gasteiger charge is -2.10. The highest BCUT2D eigenvalue weighted by atomic mass is 79.9. The Kier molecular flexibility index (Phi) is 5.59. The Hall–Kier alpha value is -1.67. The molecular weight excluding hydrogens is 436 g/mol. The summed E-state index contributed by atoms with van der Waals surface area (Å²) >= 11 is 6.55. The van der Waals surface area contributed by atoms with Gasteiger partial charge in [-0.2, -0.15) is 0 Å². The number of rotatable bonds is 5. The van der Waals surface area contributed by atoms with Crippen molar-refractivity contribution in [2.24, 2.45) is 0 Å². The second kappa shape index (κ2) is 7.27. The monoisotopic (exact) mass is 446 g/mol. The number of benzene rings is 1. The molecule has 0 fully saturated rings. The Morgan fingerprint density at radius 2 is 2.00 bits per heavy atom. The van der Waals surface area contributed by atoms with Crippen molar-refractivity contribution in [2.45, 2.75) is 26.2 Å². The number of hydrogen-bond acceptors (Lipinski definition) is 5. The van der Waals surface area contributed by atoms with Crippen molar-refractivity contribution in [3.63, 3.8) is 0 Å². The van der Waals surface area contributed by atoms with Gasteiger partial charge >= 0.3 is 17.6 Å². The van der Waals surface area contributed by atoms with Crippen LogP contribution in [0.2, 0.25) is 0 Å². The van der Waals surface area contributed by atoms with Crippen molar-refractivity contribution >= 4 is 54.8 Å². The number of ether oxygens (including phenoxy) is 1. The van der Waals surface area contributed by atoms with Crippen LogP contribution in [-0.4, -0.2) is 17.0 Å². The van der Waals surface area contributed by atoms with Crippen LogP contribution in [0, 0.1) is 0 Å². The number of unbranched alkanes of at least 4 members (excludes halogenated alkanes) is 1. The molecule has 0 aliphatic carbocycles. The quantitative estimate of drug-likeness (QED) is 0.421. The second-order valence-corrected chi connectivity index (χ2v) is 6.40. The maximum atomic E-state index is 11.9. The zero-order valence-corrected chi connectivity index (χ0v) is 15.2. The number of esters is 1. The van der Waals surface area contributed by atoms with Gasteiger partial charge in [0.2, 0.25) is 0 Å². The summed E-state index contributed by atoms with van der Waals surface area (Å²) in [5.74, 6) is -1.80. The largest absolute Gasteiger partial charge is 0.477 e. The van der Waals surface area contributed by atoms with Crippen molar-refractivity contribution in [2.75, 3.05) is 0 Å². The minimum absolute atomic E-state index is 0.0138. The fourth-order valence-electron chi connectivity index (χ4n) is 1.91. The van der Waals surface area contributed by atoms with E-state index in [4.69, 9.17) is 14.3 Å². The van der Waals surface area contributed by atoms with Gasteiger partial charge in [0, 0.05) is 16.3 Å². The number of carbonyl (C=O) groups excluding carboxylic acids is 1. The highest BCUT2D eigenvalue weighted by Crippen LogP contribution is 2.39. The third-order valence-electron chi connectivity index (χ3n) is 3.05. The van der Waals surface area contributed by atoms with E-state index in [1.54, 1.807) is 6.07 Å². The van der Waals surface area contributed by atoms with Crippen LogP contribution >= 0.6 is 31.9 Å². The van der Waals surface area contributed by atoms with E-state index in [2.05, 4.69) is 31.9 Å². The van der Waals surface area contributed by atoms with E-state index in [-0.39, 0.29) is 17.8 Å². The van der Waals surface area contributed by atoms with Crippen LogP contribution in [0.5, 0.6) is 5.75 Å². The fraction of sp³-hybridized carbons (Fsp3) is 0.267. The normalized spacial score (nSPS) is 10.7. The molecule has 0 radical (unpaired) electrons. The zero-order chi connectivity index (χ0) is 17.1. The molecule has 8 heteroatoms. The molecular formula is C15H12Br2O6. The molecule has 0 atom stereocenters. The standard InChI is InChI=1S/C15H12Br2O6/c1-2-3-4-10(18)22-13-11(17)9(16)6-7-5-8(14(19)20)15(21)23-12(7)13/h5-6H,2-4H2,1H3,(H,19,20). The predicted molar refractivity (Wildman–Crippen MR) is 90.0 cm³/mol. The summed E-state index contributed by atoms with van der Waals surface area (Å²) in [6.45, 7) is 1.95. The summed E-state index contributed by atoms with van der Waals surface area (Å²) in [6, 6.07) is 2.75. The fourth-order valence-corrected chi connectivity index (χ4v) is 2.71. The molecule has 2 rings (SSSR count). The topological polar surface area (TPSA) is 93.8 Å². The first-order valence-corrected chi connectivity index (χ1v) is 8.33. The molecule has 0 unspecified atom stereocenters. The van der Waals surface area contributed by atoms with Crippen molar-refractivity contribution < 1.29 is 23.8 Å². The van der Waals surface area contributed by atoms with Crippen LogP contribution in [0.4, 0.5) is 0 Å². The average molecular weight is 448 g/mol. The molecule has 6 nitrogen and oxygen atoms in total. The predicted octanol–water partition coefficient (Wildman–Crippen LogP) is 4.11. The Balaban J connectivity index is 2.60. The lowest BCUT2D eigenvalue weighted by molar-refractivity contribution is -0.134. The van der Waals surface area contributed by atoms with Gasteiger partial charge in [0.05, 0.1) is 4.47 Å². The van der Waals surface area contributed by atoms with Gasteiger partial charge in [-0.1, -0.05) is 13.3 Å². The van der Waals surface area contributed by atoms with E-state index in [0.29, 0.717) is 20.8 Å². The first-order valence-electron chi connectivity index (χ1n) is 6.75. The lowest BCUT2D eigenvalue weighted by atomic mass is 10.1. The molecule has 0 bridgehead atoms. The molecule has 1 heterocycles. The van der Waals surface area contributed by atoms with Gasteiger partial charge in [-0.25, -0.2) is 9.59 Å². The lowest BCUT2D eigenvalue weighted by Crippen LogP contribution is -2.14. The molecule has 0 aliphatic rings. The van der Waals surface area contributed by atoms with Gasteiger partial charge in [-0.15, -0.1) is 0 Å². The molecule has 1 aromatic carbocycles. The second-order valence-electron chi connectivity index (χ2n) is 4.75. The van der Waals surface area contributed by atoms with Gasteiger partial charge in [0.1, 0.15) is 5.56 Å². The van der Waals surface area contributed by atoms with Crippen LogP contribution in [0.1, 0.15) is 36.5 Å². The summed E-state index contributed by atoms with van der Waals surface area (Å²) in [6.07, 6.45) is 1.75. The summed E-state index contributed by atoms with van der Waals surface area (Å²) in [5, 5.41) is 9.32. The Morgan fingerprint density at radius 3 is 2.61 bits per heavy atom. The number of carboxylic acids is 1. The molecule has 0 amide bonds. The van der Waals surface area contributed by atoms with Gasteiger partial charge in [-0.05, 0) is 50.4 Å². The first-order chi connectivity index (χ1) is 10.8. The molecule has 2 aromatic rings. The van der Waals surface area contributed by atoms with Crippen molar-refractivity contribution in [1.82, 2.24) is 0 Å². The maximum Gasteiger partial charge on any atom is 0.351 e. The highest BCUT2D eigenvalue weighted by Gasteiger charge is 2.20. The number of halogens is 2. The van der Waals surface area contributed by atoms with Crippen molar-refractivity contribution in [3.8, 4) is 5.75 Å². The van der Waals surface area contributed by atoms with Crippen LogP contribution in [0.3, 0.4) is 0 Å². The number of carbonyl (C=O) groups is 2. The van der Waals surface area contributed by atoms with Gasteiger partial charge in [0.25, 0.3) is 0 Å². The van der Waals surface area contributed by atoms with E-state index in [1.807, 2.05) is 6.92 Å². The SMILES string of the molecule is CCCCC(=O)Oc1c(Br)c(Br)cc2cc(C(=O)O)c(=O)oc12. The Morgan fingerprint density at radius 1 is 1.30 bits per heavy atom. The number of carboxylic acid groups (broad SMARTS) is 1. The molecule has 1 N–H and O–H groups in total. The Labute approximate surface area is 147 Å². The first kappa shape index (κ1) is 17.7. The minimum atomic E-state index is -1.39. The van der Waals surface area contributed by atoms with E-state index >= 15 is 0 Å². The van der Waals surface area contributed by atoms with E-state index in [1.165, 1.54) is 6.07 Å². The molecule has 23 heavy (non-hydrogen) atoms. The van der Waals surface area contributed by atoms with Crippen LogP contribution in [0.15, 0.2) is 30.3 Å². The van der Waals surface area contributed by atoms with Crippen LogP contribution in [0.25, 0.3) is 11.0 Å². The average Bonchev–Trinajstić information content (AvgIpc) is 2.49. The summed E-state index contributed by atoms with van der Waals surface area (Å²) in [4.78, 5) is 34.7. The van der Waals surface area contributed by atoms with Crippen LogP contribution < -0.4 is 10.4 Å². The summed E-state index contributed by atoms with van der Waals surface area (Å²) < 4.78 is 11.3. The zero-order valence-electron chi connectivity index (χ0n) is 12.0. The van der Waals surface area contributed by atoms with E-state index < -0.39 is 23.1 Å². The van der Waals surface area contributed by atoms with Gasteiger partial charge in [0.15, 0.2) is 11.3 Å². The van der Waals surface area contributed by atoms with Crippen LogP contribution in [-0.2, 0) is 4.79 Å². The molecule has 0 saturated carbocycles. The number of fused-ring (bicyclic) bond motifs is 1. The molecule has 1 aromatic heterocycles. The molecule has 122 valence electrons. The maximum absolute atomic E-state index is 11.9. The summed E-state index contributed by atoms with van der Waals surface area (Å²) in [7, 11) is 0. The third-order valence-corrected chi connectivity index (χ3v) is 5.00. The van der Waals surface area contributed by atoms with Gasteiger partial charge in [-0.3, -0.25) is 4.79 Å². The Bertz CT molecular complexity index is 840. The van der Waals surface area contributed by atoms with Crippen molar-refractivity contribution in [1.29, 1.82) is 0 Å². The highest BCUT2D eigenvalue weighted by molar-refractivity contribution is 9.13. The molecule has 0 aliphatic heterocycles.